The predicted octanol–water partition coefficient (Wildman–Crippen LogP) is 1.78. The first kappa shape index (κ1) is 13.6. The number of hydrogen-bond acceptors (Lipinski definition) is 6. The third-order valence-electron chi connectivity index (χ3n) is 3.27. The lowest BCUT2D eigenvalue weighted by atomic mass is 10.2. The molecule has 0 radical (unpaired) electrons. The number of rotatable bonds is 3. The van der Waals surface area contributed by atoms with E-state index in [0.29, 0.717) is 0 Å². The summed E-state index contributed by atoms with van der Waals surface area (Å²) < 4.78 is 18.3. The third-order valence-corrected chi connectivity index (χ3v) is 3.27. The second kappa shape index (κ2) is 5.92. The Morgan fingerprint density at radius 3 is 2.57 bits per heavy atom. The average molecular weight is 289 g/mol. The van der Waals surface area contributed by atoms with Crippen LogP contribution in [0, 0.1) is 5.82 Å². The molecule has 0 bridgehead atoms. The van der Waals surface area contributed by atoms with Gasteiger partial charge < -0.3 is 20.7 Å². The zero-order valence-corrected chi connectivity index (χ0v) is 11.4. The molecule has 1 aliphatic heterocycles. The summed E-state index contributed by atoms with van der Waals surface area (Å²) in [5, 5.41) is 2.99. The molecule has 3 rings (SSSR count). The van der Waals surface area contributed by atoms with Crippen molar-refractivity contribution >= 4 is 23.1 Å². The number of anilines is 4. The molecule has 2 heterocycles. The summed E-state index contributed by atoms with van der Waals surface area (Å²) in [6, 6.07) is 7.88. The Balaban J connectivity index is 1.70. The van der Waals surface area contributed by atoms with Crippen LogP contribution in [0.1, 0.15) is 0 Å². The van der Waals surface area contributed by atoms with Crippen molar-refractivity contribution in [3.8, 4) is 0 Å². The van der Waals surface area contributed by atoms with Gasteiger partial charge >= 0.3 is 0 Å². The minimum atomic E-state index is -0.622. The number of nitrogen functional groups attached to an aromatic ring is 1. The van der Waals surface area contributed by atoms with E-state index in [2.05, 4.69) is 20.2 Å². The molecule has 3 N–H and O–H groups in total. The molecule has 21 heavy (non-hydrogen) atoms. The average Bonchev–Trinajstić information content (AvgIpc) is 2.53. The SMILES string of the molecule is Nc1nc(Nc2ccc(N3CCOCC3)cc2)ncc1F. The quantitative estimate of drug-likeness (QED) is 0.897. The number of nitrogens with one attached hydrogen (secondary N) is 1. The molecule has 1 fully saturated rings. The number of nitrogens with two attached hydrogens (primary N) is 1. The van der Waals surface area contributed by atoms with Crippen molar-refractivity contribution in [1.29, 1.82) is 0 Å². The van der Waals surface area contributed by atoms with Crippen LogP contribution in [0.2, 0.25) is 0 Å². The standard InChI is InChI=1S/C14H16FN5O/c15-12-9-17-14(19-13(12)16)18-10-1-3-11(4-2-10)20-5-7-21-8-6-20/h1-4,9H,5-8H2,(H3,16,17,18,19). The first-order valence-corrected chi connectivity index (χ1v) is 6.70. The maximum absolute atomic E-state index is 13.0. The molecule has 0 aliphatic carbocycles. The van der Waals surface area contributed by atoms with Crippen molar-refractivity contribution < 1.29 is 9.13 Å². The molecule has 0 unspecified atom stereocenters. The molecule has 2 aromatic rings. The molecule has 1 aliphatic rings. The minimum Gasteiger partial charge on any atom is -0.381 e. The van der Waals surface area contributed by atoms with Crippen molar-refractivity contribution in [3.05, 3.63) is 36.3 Å². The molecule has 110 valence electrons. The zero-order chi connectivity index (χ0) is 14.7. The Bertz CT molecular complexity index is 613. The van der Waals surface area contributed by atoms with Crippen LogP contribution >= 0.6 is 0 Å². The topological polar surface area (TPSA) is 76.3 Å². The van der Waals surface area contributed by atoms with Gasteiger partial charge in [-0.1, -0.05) is 0 Å². The van der Waals surface area contributed by atoms with Crippen molar-refractivity contribution in [2.75, 3.05) is 42.3 Å². The van der Waals surface area contributed by atoms with Gasteiger partial charge in [0.15, 0.2) is 11.6 Å². The highest BCUT2D eigenvalue weighted by atomic mass is 19.1. The van der Waals surface area contributed by atoms with E-state index in [1.165, 1.54) is 0 Å². The van der Waals surface area contributed by atoms with Gasteiger partial charge in [-0.3, -0.25) is 0 Å². The van der Waals surface area contributed by atoms with Gasteiger partial charge in [-0.2, -0.15) is 4.98 Å². The maximum atomic E-state index is 13.0. The Hall–Kier alpha value is -2.41. The van der Waals surface area contributed by atoms with Crippen LogP contribution in [-0.2, 0) is 4.74 Å². The fraction of sp³-hybridized carbons (Fsp3) is 0.286. The molecule has 0 saturated carbocycles. The summed E-state index contributed by atoms with van der Waals surface area (Å²) in [4.78, 5) is 9.94. The van der Waals surface area contributed by atoms with E-state index < -0.39 is 5.82 Å². The van der Waals surface area contributed by atoms with Crippen LogP contribution < -0.4 is 16.0 Å². The van der Waals surface area contributed by atoms with E-state index >= 15 is 0 Å². The number of hydrogen-bond donors (Lipinski definition) is 2. The van der Waals surface area contributed by atoms with E-state index in [-0.39, 0.29) is 11.8 Å². The lowest BCUT2D eigenvalue weighted by Gasteiger charge is -2.28. The summed E-state index contributed by atoms with van der Waals surface area (Å²) in [5.41, 5.74) is 7.37. The van der Waals surface area contributed by atoms with E-state index in [1.807, 2.05) is 24.3 Å². The highest BCUT2D eigenvalue weighted by Gasteiger charge is 2.11. The summed E-state index contributed by atoms with van der Waals surface area (Å²) in [6.07, 6.45) is 1.05. The van der Waals surface area contributed by atoms with E-state index in [9.17, 15) is 4.39 Å². The molecule has 0 atom stereocenters. The Kier molecular flexibility index (Phi) is 3.83. The molecule has 6 nitrogen and oxygen atoms in total. The number of halogens is 1. The second-order valence-electron chi connectivity index (χ2n) is 4.70. The van der Waals surface area contributed by atoms with Crippen molar-refractivity contribution in [1.82, 2.24) is 9.97 Å². The second-order valence-corrected chi connectivity index (χ2v) is 4.70. The molecular weight excluding hydrogens is 273 g/mol. The van der Waals surface area contributed by atoms with Crippen LogP contribution in [-0.4, -0.2) is 36.3 Å². The van der Waals surface area contributed by atoms with Gasteiger partial charge in [0.1, 0.15) is 0 Å². The molecule has 7 heteroatoms. The highest BCUT2D eigenvalue weighted by Crippen LogP contribution is 2.21. The molecule has 0 spiro atoms. The van der Waals surface area contributed by atoms with Crippen LogP contribution in [0.3, 0.4) is 0 Å². The van der Waals surface area contributed by atoms with E-state index in [4.69, 9.17) is 10.5 Å². The van der Waals surface area contributed by atoms with Gasteiger partial charge in [0, 0.05) is 24.5 Å². The number of morpholine rings is 1. The molecule has 1 aromatic heterocycles. The first-order valence-electron chi connectivity index (χ1n) is 6.70. The summed E-state index contributed by atoms with van der Waals surface area (Å²) in [7, 11) is 0. The fourth-order valence-electron chi connectivity index (χ4n) is 2.15. The van der Waals surface area contributed by atoms with Crippen LogP contribution in [0.4, 0.5) is 27.5 Å². The summed E-state index contributed by atoms with van der Waals surface area (Å²) in [5.74, 6) is -0.520. The third kappa shape index (κ3) is 3.19. The molecular formula is C14H16FN5O. The van der Waals surface area contributed by atoms with Gasteiger partial charge in [0.05, 0.1) is 19.4 Å². The van der Waals surface area contributed by atoms with Gasteiger partial charge in [-0.05, 0) is 24.3 Å². The van der Waals surface area contributed by atoms with E-state index in [1.54, 1.807) is 0 Å². The monoisotopic (exact) mass is 289 g/mol. The zero-order valence-electron chi connectivity index (χ0n) is 11.4. The molecule has 1 saturated heterocycles. The minimum absolute atomic E-state index is 0.169. The predicted molar refractivity (Wildman–Crippen MR) is 79.2 cm³/mol. The van der Waals surface area contributed by atoms with Crippen molar-refractivity contribution in [2.24, 2.45) is 0 Å². The van der Waals surface area contributed by atoms with Crippen LogP contribution in [0.25, 0.3) is 0 Å². The van der Waals surface area contributed by atoms with Crippen LogP contribution in [0.5, 0.6) is 0 Å². The first-order chi connectivity index (χ1) is 10.2. The van der Waals surface area contributed by atoms with Gasteiger partial charge in [0.2, 0.25) is 5.95 Å². The fourth-order valence-corrected chi connectivity index (χ4v) is 2.15. The summed E-state index contributed by atoms with van der Waals surface area (Å²) >= 11 is 0. The Morgan fingerprint density at radius 2 is 1.90 bits per heavy atom. The highest BCUT2D eigenvalue weighted by molar-refractivity contribution is 5.59. The number of nitrogens with zero attached hydrogens (tertiary/aromatic N) is 3. The van der Waals surface area contributed by atoms with E-state index in [0.717, 1.165) is 43.9 Å². The van der Waals surface area contributed by atoms with Crippen LogP contribution in [0.15, 0.2) is 30.5 Å². The van der Waals surface area contributed by atoms with Crippen molar-refractivity contribution in [3.63, 3.8) is 0 Å². The number of aromatic nitrogens is 2. The Morgan fingerprint density at radius 1 is 1.19 bits per heavy atom. The normalized spacial score (nSPS) is 15.0. The largest absolute Gasteiger partial charge is 0.381 e. The molecule has 0 amide bonds. The lowest BCUT2D eigenvalue weighted by Crippen LogP contribution is -2.36. The van der Waals surface area contributed by atoms with Gasteiger partial charge in [-0.15, -0.1) is 0 Å². The van der Waals surface area contributed by atoms with Crippen molar-refractivity contribution in [2.45, 2.75) is 0 Å². The maximum Gasteiger partial charge on any atom is 0.229 e. The number of benzene rings is 1. The lowest BCUT2D eigenvalue weighted by molar-refractivity contribution is 0.122. The number of ether oxygens (including phenoxy) is 1. The van der Waals surface area contributed by atoms with Gasteiger partial charge in [-0.25, -0.2) is 9.37 Å². The summed E-state index contributed by atoms with van der Waals surface area (Å²) in [6.45, 7) is 3.29. The molecule has 1 aromatic carbocycles. The van der Waals surface area contributed by atoms with Gasteiger partial charge in [0.25, 0.3) is 0 Å². The Labute approximate surface area is 121 Å². The smallest absolute Gasteiger partial charge is 0.229 e.